The molecule has 1 aliphatic heterocycles. The molecule has 1 aromatic rings. The number of nitrogens with one attached hydrogen (secondary N) is 1. The molecule has 0 bridgehead atoms. The standard InChI is InChI=1S/C11H10N4O5/c12-7-3-6(1-2-8(7)15(19)20)11(18)14-4-9(16)13-10(17)5-14/h1-3H,4-5,12H2,(H,13,16,17). The van der Waals surface area contributed by atoms with E-state index in [1.165, 1.54) is 6.07 Å². The van der Waals surface area contributed by atoms with Crippen molar-refractivity contribution in [3.05, 3.63) is 33.9 Å². The molecule has 9 heteroatoms. The number of hydrogen-bond donors (Lipinski definition) is 2. The Morgan fingerprint density at radius 3 is 2.40 bits per heavy atom. The average Bonchev–Trinajstić information content (AvgIpc) is 2.36. The Morgan fingerprint density at radius 1 is 1.30 bits per heavy atom. The lowest BCUT2D eigenvalue weighted by atomic mass is 10.1. The van der Waals surface area contributed by atoms with Gasteiger partial charge in [-0.25, -0.2) is 0 Å². The fourth-order valence-corrected chi connectivity index (χ4v) is 1.82. The van der Waals surface area contributed by atoms with Crippen molar-refractivity contribution in [2.45, 2.75) is 0 Å². The first kappa shape index (κ1) is 13.5. The summed E-state index contributed by atoms with van der Waals surface area (Å²) in [4.78, 5) is 45.5. The van der Waals surface area contributed by atoms with E-state index in [4.69, 9.17) is 5.73 Å². The number of nitro benzene ring substituents is 1. The summed E-state index contributed by atoms with van der Waals surface area (Å²) in [7, 11) is 0. The second-order valence-electron chi connectivity index (χ2n) is 4.16. The van der Waals surface area contributed by atoms with E-state index in [0.717, 1.165) is 17.0 Å². The topological polar surface area (TPSA) is 136 Å². The molecule has 9 nitrogen and oxygen atoms in total. The van der Waals surface area contributed by atoms with Crippen LogP contribution in [-0.4, -0.2) is 40.6 Å². The van der Waals surface area contributed by atoms with Crippen molar-refractivity contribution in [1.29, 1.82) is 0 Å². The highest BCUT2D eigenvalue weighted by atomic mass is 16.6. The fraction of sp³-hybridized carbons (Fsp3) is 0.182. The van der Waals surface area contributed by atoms with Gasteiger partial charge < -0.3 is 10.6 Å². The monoisotopic (exact) mass is 278 g/mol. The maximum Gasteiger partial charge on any atom is 0.292 e. The van der Waals surface area contributed by atoms with Crippen molar-refractivity contribution >= 4 is 29.1 Å². The molecule has 2 rings (SSSR count). The first-order valence-electron chi connectivity index (χ1n) is 5.54. The summed E-state index contributed by atoms with van der Waals surface area (Å²) in [5.74, 6) is -1.75. The van der Waals surface area contributed by atoms with Crippen molar-refractivity contribution in [3.8, 4) is 0 Å². The molecule has 0 atom stereocenters. The van der Waals surface area contributed by atoms with Gasteiger partial charge in [-0.05, 0) is 12.1 Å². The van der Waals surface area contributed by atoms with Crippen LogP contribution in [0, 0.1) is 10.1 Å². The molecule has 1 heterocycles. The van der Waals surface area contributed by atoms with Crippen LogP contribution < -0.4 is 11.1 Å². The first-order valence-corrected chi connectivity index (χ1v) is 5.54. The van der Waals surface area contributed by atoms with Gasteiger partial charge in [-0.3, -0.25) is 29.8 Å². The number of imide groups is 1. The third kappa shape index (κ3) is 2.55. The van der Waals surface area contributed by atoms with Crippen LogP contribution in [0.5, 0.6) is 0 Å². The maximum absolute atomic E-state index is 12.1. The number of nitrogens with two attached hydrogens (primary N) is 1. The number of carbonyl (C=O) groups is 3. The molecule has 104 valence electrons. The van der Waals surface area contributed by atoms with Crippen molar-refractivity contribution in [2.24, 2.45) is 0 Å². The zero-order valence-electron chi connectivity index (χ0n) is 10.2. The van der Waals surface area contributed by atoms with E-state index in [1.807, 2.05) is 0 Å². The molecule has 3 amide bonds. The third-order valence-electron chi connectivity index (χ3n) is 2.71. The third-order valence-corrected chi connectivity index (χ3v) is 2.71. The normalized spacial score (nSPS) is 14.9. The van der Waals surface area contributed by atoms with Crippen molar-refractivity contribution in [1.82, 2.24) is 10.2 Å². The minimum Gasteiger partial charge on any atom is -0.393 e. The van der Waals surface area contributed by atoms with Crippen LogP contribution in [0.15, 0.2) is 18.2 Å². The molecule has 1 aromatic carbocycles. The lowest BCUT2D eigenvalue weighted by Crippen LogP contribution is -2.53. The highest BCUT2D eigenvalue weighted by Gasteiger charge is 2.27. The van der Waals surface area contributed by atoms with Gasteiger partial charge in [0, 0.05) is 11.6 Å². The molecule has 1 fully saturated rings. The smallest absolute Gasteiger partial charge is 0.292 e. The van der Waals surface area contributed by atoms with Crippen LogP contribution in [0.25, 0.3) is 0 Å². The Labute approximate surface area is 112 Å². The molecule has 3 N–H and O–H groups in total. The molecule has 0 aliphatic carbocycles. The molecule has 0 unspecified atom stereocenters. The van der Waals surface area contributed by atoms with Crippen LogP contribution in [0.2, 0.25) is 0 Å². The van der Waals surface area contributed by atoms with Crippen LogP contribution >= 0.6 is 0 Å². The fourth-order valence-electron chi connectivity index (χ4n) is 1.82. The van der Waals surface area contributed by atoms with Crippen molar-refractivity contribution in [3.63, 3.8) is 0 Å². The number of anilines is 1. The summed E-state index contributed by atoms with van der Waals surface area (Å²) in [6, 6.07) is 3.49. The number of piperazine rings is 1. The Hall–Kier alpha value is -2.97. The summed E-state index contributed by atoms with van der Waals surface area (Å²) in [6.07, 6.45) is 0. The molecule has 1 saturated heterocycles. The van der Waals surface area contributed by atoms with Crippen LogP contribution in [0.4, 0.5) is 11.4 Å². The number of amides is 3. The second kappa shape index (κ2) is 4.96. The number of rotatable bonds is 2. The SMILES string of the molecule is Nc1cc(C(=O)N2CC(=O)NC(=O)C2)ccc1[N+](=O)[O-]. The van der Waals surface area contributed by atoms with E-state index >= 15 is 0 Å². The van der Waals surface area contributed by atoms with Gasteiger partial charge >= 0.3 is 0 Å². The summed E-state index contributed by atoms with van der Waals surface area (Å²) in [5, 5.41) is 12.7. The average molecular weight is 278 g/mol. The van der Waals surface area contributed by atoms with Crippen LogP contribution in [-0.2, 0) is 9.59 Å². The lowest BCUT2D eigenvalue weighted by Gasteiger charge is -2.25. The highest BCUT2D eigenvalue weighted by Crippen LogP contribution is 2.22. The molecular formula is C11H10N4O5. The number of hydrogen-bond acceptors (Lipinski definition) is 6. The van der Waals surface area contributed by atoms with Gasteiger partial charge in [-0.15, -0.1) is 0 Å². The molecule has 1 aliphatic rings. The zero-order valence-corrected chi connectivity index (χ0v) is 10.2. The largest absolute Gasteiger partial charge is 0.393 e. The van der Waals surface area contributed by atoms with Gasteiger partial charge in [0.1, 0.15) is 18.8 Å². The minimum absolute atomic E-state index is 0.0793. The number of benzene rings is 1. The summed E-state index contributed by atoms with van der Waals surface area (Å²) >= 11 is 0. The molecule has 0 radical (unpaired) electrons. The molecule has 0 saturated carbocycles. The van der Waals surface area contributed by atoms with E-state index < -0.39 is 22.6 Å². The predicted octanol–water partition coefficient (Wildman–Crippen LogP) is -0.724. The minimum atomic E-state index is -0.665. The van der Waals surface area contributed by atoms with Crippen LogP contribution in [0.3, 0.4) is 0 Å². The summed E-state index contributed by atoms with van der Waals surface area (Å²) in [6.45, 7) is -0.497. The van der Waals surface area contributed by atoms with Gasteiger partial charge in [0.2, 0.25) is 11.8 Å². The molecule has 20 heavy (non-hydrogen) atoms. The van der Waals surface area contributed by atoms with Gasteiger partial charge in [0.25, 0.3) is 11.6 Å². The molecule has 0 spiro atoms. The Balaban J connectivity index is 2.25. The number of nitrogen functional groups attached to an aromatic ring is 1. The summed E-state index contributed by atoms with van der Waals surface area (Å²) in [5.41, 5.74) is 5.10. The van der Waals surface area contributed by atoms with Crippen molar-refractivity contribution in [2.75, 3.05) is 18.8 Å². The van der Waals surface area contributed by atoms with E-state index in [0.29, 0.717) is 0 Å². The number of carbonyl (C=O) groups excluding carboxylic acids is 3. The summed E-state index contributed by atoms with van der Waals surface area (Å²) < 4.78 is 0. The first-order chi connectivity index (χ1) is 9.38. The van der Waals surface area contributed by atoms with E-state index in [2.05, 4.69) is 5.32 Å². The maximum atomic E-state index is 12.1. The Bertz CT molecular complexity index is 611. The number of nitrogens with zero attached hydrogens (tertiary/aromatic N) is 2. The van der Waals surface area contributed by atoms with E-state index in [9.17, 15) is 24.5 Å². The van der Waals surface area contributed by atoms with Gasteiger partial charge in [0.05, 0.1) is 4.92 Å². The highest BCUT2D eigenvalue weighted by molar-refractivity contribution is 6.06. The second-order valence-corrected chi connectivity index (χ2v) is 4.16. The van der Waals surface area contributed by atoms with E-state index in [-0.39, 0.29) is 30.0 Å². The Morgan fingerprint density at radius 2 is 1.90 bits per heavy atom. The van der Waals surface area contributed by atoms with Gasteiger partial charge in [0.15, 0.2) is 0 Å². The Kier molecular flexibility index (Phi) is 3.34. The molecular weight excluding hydrogens is 268 g/mol. The number of nitro groups is 1. The zero-order chi connectivity index (χ0) is 14.9. The predicted molar refractivity (Wildman–Crippen MR) is 66.6 cm³/mol. The molecule has 0 aromatic heterocycles. The van der Waals surface area contributed by atoms with E-state index in [1.54, 1.807) is 0 Å². The quantitative estimate of drug-likeness (QED) is 0.317. The van der Waals surface area contributed by atoms with Crippen LogP contribution in [0.1, 0.15) is 10.4 Å². The van der Waals surface area contributed by atoms with Gasteiger partial charge in [-0.1, -0.05) is 0 Å². The van der Waals surface area contributed by atoms with Crippen molar-refractivity contribution < 1.29 is 19.3 Å². The lowest BCUT2D eigenvalue weighted by molar-refractivity contribution is -0.383. The van der Waals surface area contributed by atoms with Gasteiger partial charge in [-0.2, -0.15) is 0 Å².